The van der Waals surface area contributed by atoms with Crippen LogP contribution in [0.15, 0.2) is 30.3 Å². The smallest absolute Gasteiger partial charge is 0.315 e. The number of carbonyl (C=O) groups excluding carboxylic acids is 1. The Hall–Kier alpha value is -1.55. The van der Waals surface area contributed by atoms with Crippen LogP contribution in [0.1, 0.15) is 46.2 Å². The van der Waals surface area contributed by atoms with E-state index in [0.29, 0.717) is 0 Å². The van der Waals surface area contributed by atoms with Crippen LogP contribution in [0, 0.1) is 11.3 Å². The van der Waals surface area contributed by atoms with E-state index in [4.69, 9.17) is 5.11 Å². The van der Waals surface area contributed by atoms with Crippen molar-refractivity contribution in [3.8, 4) is 0 Å². The zero-order valence-corrected chi connectivity index (χ0v) is 13.7. The molecule has 1 aromatic carbocycles. The van der Waals surface area contributed by atoms with Gasteiger partial charge in [-0.2, -0.15) is 0 Å². The molecule has 0 radical (unpaired) electrons. The summed E-state index contributed by atoms with van der Waals surface area (Å²) in [6, 6.07) is 9.61. The molecule has 3 unspecified atom stereocenters. The Bertz CT molecular complexity index is 440. The predicted octanol–water partition coefficient (Wildman–Crippen LogP) is 3.09. The number of carbonyl (C=O) groups is 1. The minimum atomic E-state index is -0.202. The molecular formula is C17H28N2O2. The van der Waals surface area contributed by atoms with Crippen LogP contribution in [0.2, 0.25) is 0 Å². The third kappa shape index (κ3) is 5.38. The van der Waals surface area contributed by atoms with Crippen molar-refractivity contribution in [3.63, 3.8) is 0 Å². The molecule has 0 heterocycles. The molecule has 21 heavy (non-hydrogen) atoms. The van der Waals surface area contributed by atoms with Gasteiger partial charge in [-0.25, -0.2) is 4.79 Å². The van der Waals surface area contributed by atoms with Gasteiger partial charge in [0.1, 0.15) is 0 Å². The van der Waals surface area contributed by atoms with Gasteiger partial charge in [-0.05, 0) is 23.8 Å². The van der Waals surface area contributed by atoms with Crippen molar-refractivity contribution in [2.24, 2.45) is 11.3 Å². The molecule has 0 aliphatic rings. The van der Waals surface area contributed by atoms with Gasteiger partial charge in [-0.1, -0.05) is 58.0 Å². The number of benzene rings is 1. The number of hydrogen-bond acceptors (Lipinski definition) is 2. The SMILES string of the molecule is CC(CO)C(C)NC(=O)NC(c1ccccc1)C(C)(C)C. The second-order valence-corrected chi connectivity index (χ2v) is 6.78. The average molecular weight is 292 g/mol. The first kappa shape index (κ1) is 17.5. The Balaban J connectivity index is 2.77. The van der Waals surface area contributed by atoms with Crippen LogP contribution in [-0.2, 0) is 0 Å². The molecule has 3 atom stereocenters. The number of aliphatic hydroxyl groups excluding tert-OH is 1. The van der Waals surface area contributed by atoms with E-state index in [9.17, 15) is 4.79 Å². The maximum Gasteiger partial charge on any atom is 0.315 e. The van der Waals surface area contributed by atoms with Crippen molar-refractivity contribution in [3.05, 3.63) is 35.9 Å². The van der Waals surface area contributed by atoms with Gasteiger partial charge in [-0.15, -0.1) is 0 Å². The van der Waals surface area contributed by atoms with Gasteiger partial charge in [0.05, 0.1) is 6.04 Å². The first-order valence-electron chi connectivity index (χ1n) is 7.48. The number of aliphatic hydroxyl groups is 1. The maximum absolute atomic E-state index is 12.2. The first-order chi connectivity index (χ1) is 9.75. The molecule has 1 aromatic rings. The first-order valence-corrected chi connectivity index (χ1v) is 7.48. The van der Waals surface area contributed by atoms with Gasteiger partial charge in [-0.3, -0.25) is 0 Å². The highest BCUT2D eigenvalue weighted by Gasteiger charge is 2.28. The van der Waals surface area contributed by atoms with E-state index in [1.54, 1.807) is 0 Å². The lowest BCUT2D eigenvalue weighted by Gasteiger charge is -2.32. The fourth-order valence-electron chi connectivity index (χ4n) is 2.13. The number of amides is 2. The lowest BCUT2D eigenvalue weighted by Crippen LogP contribution is -2.47. The molecule has 0 aromatic heterocycles. The summed E-state index contributed by atoms with van der Waals surface area (Å²) in [5.74, 6) is 0.0283. The molecule has 0 spiro atoms. The van der Waals surface area contributed by atoms with E-state index in [-0.39, 0.29) is 36.1 Å². The molecule has 0 saturated carbocycles. The number of nitrogens with one attached hydrogen (secondary N) is 2. The molecule has 0 aliphatic heterocycles. The fourth-order valence-corrected chi connectivity index (χ4v) is 2.13. The summed E-state index contributed by atoms with van der Waals surface area (Å²) >= 11 is 0. The van der Waals surface area contributed by atoms with E-state index in [0.717, 1.165) is 5.56 Å². The van der Waals surface area contributed by atoms with Crippen molar-refractivity contribution < 1.29 is 9.90 Å². The zero-order valence-electron chi connectivity index (χ0n) is 13.7. The van der Waals surface area contributed by atoms with Crippen LogP contribution in [-0.4, -0.2) is 23.8 Å². The fraction of sp³-hybridized carbons (Fsp3) is 0.588. The minimum Gasteiger partial charge on any atom is -0.396 e. The van der Waals surface area contributed by atoms with Crippen LogP contribution in [0.25, 0.3) is 0 Å². The highest BCUT2D eigenvalue weighted by atomic mass is 16.3. The minimum absolute atomic E-state index is 0.0283. The Morgan fingerprint density at radius 1 is 1.14 bits per heavy atom. The van der Waals surface area contributed by atoms with Crippen molar-refractivity contribution in [1.82, 2.24) is 10.6 Å². The van der Waals surface area contributed by atoms with Crippen LogP contribution in [0.4, 0.5) is 4.79 Å². The molecule has 4 heteroatoms. The van der Waals surface area contributed by atoms with E-state index in [1.807, 2.05) is 44.2 Å². The Morgan fingerprint density at radius 3 is 2.19 bits per heavy atom. The quantitative estimate of drug-likeness (QED) is 0.781. The molecule has 0 bridgehead atoms. The molecule has 1 rings (SSSR count). The molecule has 3 N–H and O–H groups in total. The van der Waals surface area contributed by atoms with Gasteiger partial charge >= 0.3 is 6.03 Å². The van der Waals surface area contributed by atoms with E-state index >= 15 is 0 Å². The topological polar surface area (TPSA) is 61.4 Å². The van der Waals surface area contributed by atoms with Gasteiger partial charge in [0.2, 0.25) is 0 Å². The van der Waals surface area contributed by atoms with Crippen LogP contribution < -0.4 is 10.6 Å². The standard InChI is InChI=1S/C17H28N2O2/c1-12(11-20)13(2)18-16(21)19-15(17(3,4)5)14-9-7-6-8-10-14/h6-10,12-13,15,20H,11H2,1-5H3,(H2,18,19,21). The monoisotopic (exact) mass is 292 g/mol. The maximum atomic E-state index is 12.2. The van der Waals surface area contributed by atoms with Crippen molar-refractivity contribution in [2.45, 2.75) is 46.7 Å². The summed E-state index contributed by atoms with van der Waals surface area (Å²) in [5.41, 5.74) is 0.993. The third-order valence-electron chi connectivity index (χ3n) is 3.77. The second-order valence-electron chi connectivity index (χ2n) is 6.78. The highest BCUT2D eigenvalue weighted by molar-refractivity contribution is 5.74. The van der Waals surface area contributed by atoms with Crippen LogP contribution in [0.3, 0.4) is 0 Å². The molecule has 0 aliphatic carbocycles. The summed E-state index contributed by atoms with van der Waals surface area (Å²) in [4.78, 5) is 12.2. The van der Waals surface area contributed by atoms with Gasteiger partial charge in [0.25, 0.3) is 0 Å². The largest absolute Gasteiger partial charge is 0.396 e. The van der Waals surface area contributed by atoms with Crippen LogP contribution in [0.5, 0.6) is 0 Å². The van der Waals surface area contributed by atoms with Gasteiger partial charge in [0.15, 0.2) is 0 Å². The summed E-state index contributed by atoms with van der Waals surface area (Å²) in [6.45, 7) is 10.2. The lowest BCUT2D eigenvalue weighted by atomic mass is 9.82. The molecule has 0 fully saturated rings. The summed E-state index contributed by atoms with van der Waals surface area (Å²) in [5, 5.41) is 15.1. The van der Waals surface area contributed by atoms with Crippen molar-refractivity contribution in [1.29, 1.82) is 0 Å². The second kappa shape index (κ2) is 7.46. The summed E-state index contributed by atoms with van der Waals surface area (Å²) in [6.07, 6.45) is 0. The molecule has 0 saturated heterocycles. The van der Waals surface area contributed by atoms with Crippen molar-refractivity contribution in [2.75, 3.05) is 6.61 Å². The Labute approximate surface area is 128 Å². The van der Waals surface area contributed by atoms with E-state index in [2.05, 4.69) is 31.4 Å². The van der Waals surface area contributed by atoms with Crippen LogP contribution >= 0.6 is 0 Å². The Kier molecular flexibility index (Phi) is 6.21. The molecular weight excluding hydrogens is 264 g/mol. The summed E-state index contributed by atoms with van der Waals surface area (Å²) in [7, 11) is 0. The molecule has 4 nitrogen and oxygen atoms in total. The molecule has 118 valence electrons. The normalized spacial score (nSPS) is 15.9. The van der Waals surface area contributed by atoms with Crippen molar-refractivity contribution >= 4 is 6.03 Å². The number of rotatable bonds is 5. The van der Waals surface area contributed by atoms with Gasteiger partial charge in [0, 0.05) is 12.6 Å². The lowest BCUT2D eigenvalue weighted by molar-refractivity contribution is 0.192. The Morgan fingerprint density at radius 2 is 1.71 bits per heavy atom. The number of urea groups is 1. The van der Waals surface area contributed by atoms with E-state index in [1.165, 1.54) is 0 Å². The predicted molar refractivity (Wildman–Crippen MR) is 86.0 cm³/mol. The average Bonchev–Trinajstić information content (AvgIpc) is 2.43. The highest BCUT2D eigenvalue weighted by Crippen LogP contribution is 2.32. The zero-order chi connectivity index (χ0) is 16.0. The third-order valence-corrected chi connectivity index (χ3v) is 3.77. The van der Waals surface area contributed by atoms with E-state index < -0.39 is 0 Å². The summed E-state index contributed by atoms with van der Waals surface area (Å²) < 4.78 is 0. The number of hydrogen-bond donors (Lipinski definition) is 3. The van der Waals surface area contributed by atoms with Gasteiger partial charge < -0.3 is 15.7 Å². The molecule has 2 amide bonds.